The third-order valence-corrected chi connectivity index (χ3v) is 7.42. The fourth-order valence-corrected chi connectivity index (χ4v) is 6.12. The second-order valence-electron chi connectivity index (χ2n) is 8.77. The largest absolute Gasteiger partial charge is 0.392 e. The van der Waals surface area contributed by atoms with Gasteiger partial charge in [0.15, 0.2) is 0 Å². The molecular formula is C22H31BrN2O2. The first kappa shape index (κ1) is 19.4. The lowest BCUT2D eigenvalue weighted by Gasteiger charge is -2.39. The molecule has 0 radical (unpaired) electrons. The van der Waals surface area contributed by atoms with Crippen LogP contribution in [-0.4, -0.2) is 57.6 Å². The van der Waals surface area contributed by atoms with E-state index in [0.29, 0.717) is 19.0 Å². The number of benzene rings is 1. The first-order valence-electron chi connectivity index (χ1n) is 10.5. The van der Waals surface area contributed by atoms with Crippen molar-refractivity contribution < 1.29 is 9.90 Å². The zero-order valence-electron chi connectivity index (χ0n) is 16.2. The fraction of sp³-hybridized carbons (Fsp3) is 0.682. The fourth-order valence-electron chi connectivity index (χ4n) is 5.67. The van der Waals surface area contributed by atoms with E-state index in [0.717, 1.165) is 36.7 Å². The van der Waals surface area contributed by atoms with E-state index >= 15 is 0 Å². The van der Waals surface area contributed by atoms with Crippen LogP contribution in [0.2, 0.25) is 0 Å². The van der Waals surface area contributed by atoms with E-state index in [4.69, 9.17) is 0 Å². The molecule has 1 saturated carbocycles. The summed E-state index contributed by atoms with van der Waals surface area (Å²) in [5.41, 5.74) is 0.783. The van der Waals surface area contributed by atoms with Crippen LogP contribution in [0.5, 0.6) is 0 Å². The maximum atomic E-state index is 13.6. The molecule has 1 aromatic rings. The Morgan fingerprint density at radius 3 is 2.81 bits per heavy atom. The summed E-state index contributed by atoms with van der Waals surface area (Å²) in [6, 6.07) is 9.05. The smallest absolute Gasteiger partial charge is 0.243 e. The number of aliphatic hydroxyl groups excluding tert-OH is 1. The summed E-state index contributed by atoms with van der Waals surface area (Å²) in [5, 5.41) is 10.5. The average molecular weight is 435 g/mol. The summed E-state index contributed by atoms with van der Waals surface area (Å²) >= 11 is 3.55. The number of hydrogen-bond donors (Lipinski definition) is 1. The third-order valence-electron chi connectivity index (χ3n) is 6.92. The van der Waals surface area contributed by atoms with Gasteiger partial charge in [0.1, 0.15) is 5.54 Å². The van der Waals surface area contributed by atoms with Crippen LogP contribution < -0.4 is 0 Å². The van der Waals surface area contributed by atoms with Gasteiger partial charge in [0, 0.05) is 36.1 Å². The van der Waals surface area contributed by atoms with Gasteiger partial charge in [-0.05, 0) is 50.3 Å². The number of β-amino-alcohol motifs (C(OH)–C–C–N with tert-alkyl or cyclic N) is 1. The van der Waals surface area contributed by atoms with Crippen LogP contribution in [0.25, 0.3) is 0 Å². The molecular weight excluding hydrogens is 404 g/mol. The molecule has 1 aromatic carbocycles. The highest BCUT2D eigenvalue weighted by atomic mass is 79.9. The Bertz CT molecular complexity index is 691. The highest BCUT2D eigenvalue weighted by Crippen LogP contribution is 2.42. The Kier molecular flexibility index (Phi) is 5.64. The number of carbonyl (C=O) groups is 1. The van der Waals surface area contributed by atoms with E-state index in [1.807, 2.05) is 6.07 Å². The van der Waals surface area contributed by atoms with Crippen molar-refractivity contribution in [1.82, 2.24) is 9.80 Å². The number of halogens is 1. The lowest BCUT2D eigenvalue weighted by atomic mass is 9.90. The van der Waals surface area contributed by atoms with Crippen molar-refractivity contribution in [1.29, 1.82) is 0 Å². The quantitative estimate of drug-likeness (QED) is 0.784. The molecule has 2 saturated heterocycles. The molecule has 27 heavy (non-hydrogen) atoms. The van der Waals surface area contributed by atoms with Gasteiger partial charge in [-0.1, -0.05) is 47.3 Å². The zero-order valence-corrected chi connectivity index (χ0v) is 17.8. The van der Waals surface area contributed by atoms with E-state index in [2.05, 4.69) is 50.9 Å². The summed E-state index contributed by atoms with van der Waals surface area (Å²) in [7, 11) is 0. The summed E-state index contributed by atoms with van der Waals surface area (Å²) in [6.07, 6.45) is 8.05. The van der Waals surface area contributed by atoms with Crippen LogP contribution in [0.15, 0.2) is 28.7 Å². The molecule has 2 heterocycles. The van der Waals surface area contributed by atoms with Crippen molar-refractivity contribution in [2.75, 3.05) is 13.1 Å². The van der Waals surface area contributed by atoms with Gasteiger partial charge in [0.2, 0.25) is 5.91 Å². The minimum Gasteiger partial charge on any atom is -0.392 e. The van der Waals surface area contributed by atoms with Gasteiger partial charge < -0.3 is 10.0 Å². The molecule has 1 spiro atoms. The first-order valence-corrected chi connectivity index (χ1v) is 11.3. The van der Waals surface area contributed by atoms with Crippen LogP contribution in [0.4, 0.5) is 0 Å². The lowest BCUT2D eigenvalue weighted by molar-refractivity contribution is -0.140. The molecule has 3 aliphatic rings. The molecule has 0 bridgehead atoms. The van der Waals surface area contributed by atoms with E-state index in [-0.39, 0.29) is 11.9 Å². The maximum absolute atomic E-state index is 13.6. The molecule has 5 heteroatoms. The number of rotatable bonds is 4. The van der Waals surface area contributed by atoms with Crippen molar-refractivity contribution in [3.8, 4) is 0 Å². The number of likely N-dealkylation sites (tertiary alicyclic amines) is 2. The highest BCUT2D eigenvalue weighted by Gasteiger charge is 2.57. The van der Waals surface area contributed by atoms with E-state index in [1.165, 1.54) is 24.8 Å². The maximum Gasteiger partial charge on any atom is 0.243 e. The predicted octanol–water partition coefficient (Wildman–Crippen LogP) is 3.75. The Balaban J connectivity index is 1.52. The van der Waals surface area contributed by atoms with Crippen LogP contribution in [-0.2, 0) is 11.2 Å². The van der Waals surface area contributed by atoms with Gasteiger partial charge in [0.05, 0.1) is 6.10 Å². The monoisotopic (exact) mass is 434 g/mol. The third kappa shape index (κ3) is 3.70. The number of aliphatic hydroxyl groups is 1. The Morgan fingerprint density at radius 2 is 2.07 bits per heavy atom. The highest BCUT2D eigenvalue weighted by molar-refractivity contribution is 9.10. The molecule has 4 rings (SSSR count). The minimum absolute atomic E-state index is 0.228. The van der Waals surface area contributed by atoms with Crippen molar-refractivity contribution in [2.24, 2.45) is 0 Å². The van der Waals surface area contributed by atoms with Gasteiger partial charge >= 0.3 is 0 Å². The predicted molar refractivity (Wildman–Crippen MR) is 111 cm³/mol. The summed E-state index contributed by atoms with van der Waals surface area (Å²) < 4.78 is 1.09. The molecule has 2 unspecified atom stereocenters. The number of nitrogens with zero attached hydrogens (tertiary/aromatic N) is 2. The molecule has 1 aliphatic carbocycles. The van der Waals surface area contributed by atoms with Gasteiger partial charge in [-0.3, -0.25) is 9.69 Å². The van der Waals surface area contributed by atoms with E-state index in [1.54, 1.807) is 0 Å². The molecule has 148 valence electrons. The van der Waals surface area contributed by atoms with Gasteiger partial charge in [-0.15, -0.1) is 0 Å². The van der Waals surface area contributed by atoms with Crippen LogP contribution in [0.1, 0.15) is 57.4 Å². The second kappa shape index (κ2) is 7.84. The Hall–Kier alpha value is -0.910. The van der Waals surface area contributed by atoms with Gasteiger partial charge in [-0.25, -0.2) is 0 Å². The molecule has 0 aromatic heterocycles. The second-order valence-corrected chi connectivity index (χ2v) is 9.68. The first-order chi connectivity index (χ1) is 13.0. The van der Waals surface area contributed by atoms with Crippen molar-refractivity contribution in [2.45, 2.75) is 82.0 Å². The average Bonchev–Trinajstić information content (AvgIpc) is 3.16. The van der Waals surface area contributed by atoms with Crippen LogP contribution in [0.3, 0.4) is 0 Å². The van der Waals surface area contributed by atoms with Crippen LogP contribution in [0, 0.1) is 0 Å². The Morgan fingerprint density at radius 1 is 1.30 bits per heavy atom. The van der Waals surface area contributed by atoms with Crippen molar-refractivity contribution in [3.63, 3.8) is 0 Å². The zero-order chi connectivity index (χ0) is 19.0. The molecule has 1 amide bonds. The molecule has 1 N–H and O–H groups in total. The number of hydrogen-bond acceptors (Lipinski definition) is 3. The topological polar surface area (TPSA) is 43.8 Å². The summed E-state index contributed by atoms with van der Waals surface area (Å²) in [6.45, 7) is 3.67. The summed E-state index contributed by atoms with van der Waals surface area (Å²) in [4.78, 5) is 18.0. The lowest BCUT2D eigenvalue weighted by Crippen LogP contribution is -2.55. The molecule has 4 nitrogen and oxygen atoms in total. The normalized spacial score (nSPS) is 31.1. The van der Waals surface area contributed by atoms with E-state index < -0.39 is 11.6 Å². The molecule has 3 atom stereocenters. The minimum atomic E-state index is -0.484. The van der Waals surface area contributed by atoms with Crippen LogP contribution >= 0.6 is 15.9 Å². The molecule has 2 aliphatic heterocycles. The molecule has 3 fully saturated rings. The summed E-state index contributed by atoms with van der Waals surface area (Å²) in [5.74, 6) is 0.284. The number of carbonyl (C=O) groups excluding carboxylic acids is 1. The van der Waals surface area contributed by atoms with Crippen molar-refractivity contribution >= 4 is 21.8 Å². The number of amides is 1. The SMILES string of the molecule is CC(Cc1cccc(Br)c1)N1C[C@H](O)CC12CCN(C1CCCCC1)C2=O. The van der Waals surface area contributed by atoms with Gasteiger partial charge in [-0.2, -0.15) is 0 Å². The van der Waals surface area contributed by atoms with Gasteiger partial charge in [0.25, 0.3) is 0 Å². The standard InChI is InChI=1S/C22H31BrN2O2/c1-16(12-17-6-5-7-18(23)13-17)25-15-20(26)14-22(25)10-11-24(21(22)27)19-8-3-2-4-9-19/h5-7,13,16,19-20,26H,2-4,8-12,14-15H2,1H3/t16?,20-,22?/m1/s1. The Labute approximate surface area is 171 Å². The van der Waals surface area contributed by atoms with E-state index in [9.17, 15) is 9.90 Å². The van der Waals surface area contributed by atoms with Crippen molar-refractivity contribution in [3.05, 3.63) is 34.3 Å².